The molecule has 0 amide bonds. The van der Waals surface area contributed by atoms with E-state index in [1.807, 2.05) is 0 Å². The zero-order valence-electron chi connectivity index (χ0n) is 8.35. The largest absolute Gasteiger partial charge is 0.478 e. The first-order valence-corrected chi connectivity index (χ1v) is 5.42. The van der Waals surface area contributed by atoms with E-state index in [-0.39, 0.29) is 0 Å². The molecule has 2 heterocycles. The fourth-order valence-electron chi connectivity index (χ4n) is 2.80. The van der Waals surface area contributed by atoms with Gasteiger partial charge in [-0.1, -0.05) is 12.5 Å². The van der Waals surface area contributed by atoms with Crippen LogP contribution in [0.5, 0.6) is 0 Å². The lowest BCUT2D eigenvalue weighted by molar-refractivity contribution is -0.131. The topological polar surface area (TPSA) is 40.5 Å². The van der Waals surface area contributed by atoms with E-state index < -0.39 is 5.97 Å². The lowest BCUT2D eigenvalue weighted by Crippen LogP contribution is -2.39. The van der Waals surface area contributed by atoms with Crippen LogP contribution in [0.3, 0.4) is 0 Å². The Balaban J connectivity index is 1.89. The van der Waals surface area contributed by atoms with Gasteiger partial charge in [0.2, 0.25) is 0 Å². The maximum absolute atomic E-state index is 10.3. The number of hydrogen-bond donors (Lipinski definition) is 1. The van der Waals surface area contributed by atoms with Crippen molar-refractivity contribution in [2.45, 2.75) is 44.2 Å². The maximum Gasteiger partial charge on any atom is 0.328 e. The van der Waals surface area contributed by atoms with Crippen molar-refractivity contribution in [2.75, 3.05) is 6.54 Å². The van der Waals surface area contributed by atoms with Crippen molar-refractivity contribution in [3.05, 3.63) is 12.2 Å². The van der Waals surface area contributed by atoms with Crippen molar-refractivity contribution in [1.82, 2.24) is 4.90 Å². The van der Waals surface area contributed by atoms with Gasteiger partial charge in [0, 0.05) is 24.7 Å². The number of aliphatic carboxylic acids is 1. The second kappa shape index (κ2) is 4.13. The molecule has 1 N–H and O–H groups in total. The Morgan fingerprint density at radius 2 is 1.93 bits per heavy atom. The molecule has 2 fully saturated rings. The number of carboxylic acid groups (broad SMARTS) is 1. The molecule has 2 rings (SSSR count). The predicted octanol–water partition coefficient (Wildman–Crippen LogP) is 1.64. The predicted molar refractivity (Wildman–Crippen MR) is 54.1 cm³/mol. The molecule has 2 aliphatic heterocycles. The van der Waals surface area contributed by atoms with Crippen molar-refractivity contribution in [3.8, 4) is 0 Å². The third kappa shape index (κ3) is 1.98. The number of piperidine rings is 1. The molecule has 2 atom stereocenters. The summed E-state index contributed by atoms with van der Waals surface area (Å²) in [5.41, 5.74) is 0. The number of carboxylic acids is 1. The van der Waals surface area contributed by atoms with Gasteiger partial charge in [-0.25, -0.2) is 4.79 Å². The van der Waals surface area contributed by atoms with Gasteiger partial charge >= 0.3 is 5.97 Å². The van der Waals surface area contributed by atoms with Gasteiger partial charge in [0.1, 0.15) is 0 Å². The highest BCUT2D eigenvalue weighted by atomic mass is 16.4. The second-order valence-corrected chi connectivity index (χ2v) is 4.25. The number of rotatable bonds is 3. The molecule has 0 aromatic heterocycles. The molecular weight excluding hydrogens is 178 g/mol. The molecule has 0 spiro atoms. The quantitative estimate of drug-likeness (QED) is 0.696. The van der Waals surface area contributed by atoms with E-state index in [1.54, 1.807) is 6.08 Å². The van der Waals surface area contributed by atoms with Crippen molar-refractivity contribution < 1.29 is 9.90 Å². The summed E-state index contributed by atoms with van der Waals surface area (Å²) in [6.45, 7) is 0.821. The van der Waals surface area contributed by atoms with Gasteiger partial charge < -0.3 is 5.11 Å². The molecule has 3 heteroatoms. The smallest absolute Gasteiger partial charge is 0.328 e. The fourth-order valence-corrected chi connectivity index (χ4v) is 2.80. The van der Waals surface area contributed by atoms with E-state index in [2.05, 4.69) is 4.90 Å². The SMILES string of the molecule is O=C(O)/C=C/CN1C2CCCC1CC2. The molecule has 2 aliphatic rings. The Bertz CT molecular complexity index is 234. The normalized spacial score (nSPS) is 32.6. The van der Waals surface area contributed by atoms with Gasteiger partial charge in [-0.2, -0.15) is 0 Å². The Hall–Kier alpha value is -0.830. The number of hydrogen-bond acceptors (Lipinski definition) is 2. The standard InChI is InChI=1S/C11H17NO2/c13-11(14)5-2-8-12-9-3-1-4-10(12)7-6-9/h2,5,9-10H,1,3-4,6-8H2,(H,13,14)/b5-2+. The molecule has 0 aliphatic carbocycles. The molecule has 78 valence electrons. The van der Waals surface area contributed by atoms with Crippen LogP contribution in [-0.2, 0) is 4.79 Å². The summed E-state index contributed by atoms with van der Waals surface area (Å²) in [4.78, 5) is 12.8. The first-order valence-electron chi connectivity index (χ1n) is 5.42. The molecule has 0 aromatic rings. The summed E-state index contributed by atoms with van der Waals surface area (Å²) < 4.78 is 0. The molecule has 0 aromatic carbocycles. The zero-order chi connectivity index (χ0) is 9.97. The lowest BCUT2D eigenvalue weighted by atomic mass is 10.0. The first kappa shape index (κ1) is 9.71. The monoisotopic (exact) mass is 195 g/mol. The highest BCUT2D eigenvalue weighted by Crippen LogP contribution is 2.34. The van der Waals surface area contributed by atoms with E-state index in [4.69, 9.17) is 5.11 Å². The van der Waals surface area contributed by atoms with Crippen LogP contribution in [0.4, 0.5) is 0 Å². The van der Waals surface area contributed by atoms with Crippen LogP contribution >= 0.6 is 0 Å². The Labute approximate surface area is 84.4 Å². The summed E-state index contributed by atoms with van der Waals surface area (Å²) >= 11 is 0. The molecule has 3 nitrogen and oxygen atoms in total. The molecule has 2 saturated heterocycles. The van der Waals surface area contributed by atoms with E-state index in [1.165, 1.54) is 38.2 Å². The molecular formula is C11H17NO2. The summed E-state index contributed by atoms with van der Waals surface area (Å²) in [6.07, 6.45) is 9.62. The molecule has 2 bridgehead atoms. The van der Waals surface area contributed by atoms with Gasteiger partial charge in [0.25, 0.3) is 0 Å². The van der Waals surface area contributed by atoms with E-state index in [9.17, 15) is 4.79 Å². The van der Waals surface area contributed by atoms with Crippen LogP contribution in [0.2, 0.25) is 0 Å². The van der Waals surface area contributed by atoms with Gasteiger partial charge in [0.05, 0.1) is 0 Å². The maximum atomic E-state index is 10.3. The van der Waals surface area contributed by atoms with Crippen LogP contribution in [-0.4, -0.2) is 34.6 Å². The minimum absolute atomic E-state index is 0.729. The van der Waals surface area contributed by atoms with Crippen LogP contribution in [0.15, 0.2) is 12.2 Å². The van der Waals surface area contributed by atoms with Gasteiger partial charge in [-0.3, -0.25) is 4.90 Å². The Morgan fingerprint density at radius 3 is 2.50 bits per heavy atom. The van der Waals surface area contributed by atoms with E-state index in [0.29, 0.717) is 0 Å². The lowest BCUT2D eigenvalue weighted by Gasteiger charge is -2.33. The Morgan fingerprint density at radius 1 is 1.29 bits per heavy atom. The average Bonchev–Trinajstić information content (AvgIpc) is 2.39. The minimum Gasteiger partial charge on any atom is -0.478 e. The van der Waals surface area contributed by atoms with Gasteiger partial charge in [-0.15, -0.1) is 0 Å². The third-order valence-corrected chi connectivity index (χ3v) is 3.42. The number of nitrogens with zero attached hydrogens (tertiary/aromatic N) is 1. The summed E-state index contributed by atoms with van der Waals surface area (Å²) in [7, 11) is 0. The Kier molecular flexibility index (Phi) is 2.87. The fraction of sp³-hybridized carbons (Fsp3) is 0.727. The molecule has 0 saturated carbocycles. The molecule has 0 radical (unpaired) electrons. The second-order valence-electron chi connectivity index (χ2n) is 4.25. The van der Waals surface area contributed by atoms with Gasteiger partial charge in [-0.05, 0) is 25.7 Å². The van der Waals surface area contributed by atoms with Crippen molar-refractivity contribution in [1.29, 1.82) is 0 Å². The summed E-state index contributed by atoms with van der Waals surface area (Å²) in [6, 6.07) is 1.46. The van der Waals surface area contributed by atoms with Crippen molar-refractivity contribution in [3.63, 3.8) is 0 Å². The third-order valence-electron chi connectivity index (χ3n) is 3.42. The zero-order valence-corrected chi connectivity index (χ0v) is 8.35. The minimum atomic E-state index is -0.839. The van der Waals surface area contributed by atoms with Crippen LogP contribution < -0.4 is 0 Å². The summed E-state index contributed by atoms with van der Waals surface area (Å²) in [5.74, 6) is -0.839. The first-order chi connectivity index (χ1) is 6.77. The summed E-state index contributed by atoms with van der Waals surface area (Å²) in [5, 5.41) is 8.49. The van der Waals surface area contributed by atoms with E-state index in [0.717, 1.165) is 18.6 Å². The number of carbonyl (C=O) groups is 1. The van der Waals surface area contributed by atoms with E-state index >= 15 is 0 Å². The van der Waals surface area contributed by atoms with Crippen molar-refractivity contribution in [2.24, 2.45) is 0 Å². The highest BCUT2D eigenvalue weighted by Gasteiger charge is 2.35. The van der Waals surface area contributed by atoms with Gasteiger partial charge in [0.15, 0.2) is 0 Å². The van der Waals surface area contributed by atoms with Crippen LogP contribution in [0.25, 0.3) is 0 Å². The molecule has 2 unspecified atom stereocenters. The number of fused-ring (bicyclic) bond motifs is 2. The van der Waals surface area contributed by atoms with Crippen LogP contribution in [0.1, 0.15) is 32.1 Å². The average molecular weight is 195 g/mol. The van der Waals surface area contributed by atoms with Crippen LogP contribution in [0, 0.1) is 0 Å². The molecule has 14 heavy (non-hydrogen) atoms. The van der Waals surface area contributed by atoms with Crippen molar-refractivity contribution >= 4 is 5.97 Å². The highest BCUT2D eigenvalue weighted by molar-refractivity contribution is 5.79.